The highest BCUT2D eigenvalue weighted by Gasteiger charge is 2.31. The lowest BCUT2D eigenvalue weighted by molar-refractivity contribution is -0.137. The van der Waals surface area contributed by atoms with E-state index in [1.54, 1.807) is 18.2 Å². The van der Waals surface area contributed by atoms with Gasteiger partial charge < -0.3 is 5.11 Å². The Bertz CT molecular complexity index is 1110. The highest BCUT2D eigenvalue weighted by atomic mass is 32.2. The third kappa shape index (κ3) is 5.88. The largest absolute Gasteiger partial charge is 0.507 e. The Kier molecular flexibility index (Phi) is 7.22. The Balaban J connectivity index is 2.51. The second kappa shape index (κ2) is 9.15. The number of hydrogen-bond acceptors (Lipinski definition) is 4. The number of nitrogens with zero attached hydrogens (tertiary/aromatic N) is 1. The number of sulfone groups is 1. The maximum absolute atomic E-state index is 12.9. The van der Waals surface area contributed by atoms with Crippen LogP contribution in [-0.4, -0.2) is 13.5 Å². The fraction of sp³-hybridized carbons (Fsp3) is 0.348. The Morgan fingerprint density at radius 3 is 2.10 bits per heavy atom. The summed E-state index contributed by atoms with van der Waals surface area (Å²) in [6.07, 6.45) is -3.40. The van der Waals surface area contributed by atoms with Gasteiger partial charge in [0.2, 0.25) is 0 Å². The SMILES string of the molecule is CC(C)c1cc(C=C(C#N)S(=O)(=O)Cc2cccc(C(F)(F)F)c2)cc(C(C)C)c1O. The van der Waals surface area contributed by atoms with Crippen LogP contribution in [0.15, 0.2) is 41.3 Å². The summed E-state index contributed by atoms with van der Waals surface area (Å²) in [4.78, 5) is -0.556. The first kappa shape index (κ1) is 24.5. The van der Waals surface area contributed by atoms with Gasteiger partial charge in [-0.3, -0.25) is 0 Å². The summed E-state index contributed by atoms with van der Waals surface area (Å²) >= 11 is 0. The number of nitriles is 1. The number of allylic oxidation sites excluding steroid dienone is 1. The Morgan fingerprint density at radius 1 is 1.10 bits per heavy atom. The van der Waals surface area contributed by atoms with Gasteiger partial charge in [-0.25, -0.2) is 8.42 Å². The van der Waals surface area contributed by atoms with Crippen LogP contribution in [0.2, 0.25) is 0 Å². The first-order chi connectivity index (χ1) is 14.3. The van der Waals surface area contributed by atoms with E-state index in [9.17, 15) is 32.0 Å². The van der Waals surface area contributed by atoms with Crippen LogP contribution in [0.3, 0.4) is 0 Å². The van der Waals surface area contributed by atoms with Gasteiger partial charge in [-0.2, -0.15) is 18.4 Å². The molecular weight excluding hydrogens is 427 g/mol. The third-order valence-electron chi connectivity index (χ3n) is 4.79. The lowest BCUT2D eigenvalue weighted by atomic mass is 9.91. The van der Waals surface area contributed by atoms with Gasteiger partial charge in [0.1, 0.15) is 16.7 Å². The summed E-state index contributed by atoms with van der Waals surface area (Å²) in [5, 5.41) is 20.0. The lowest BCUT2D eigenvalue weighted by Crippen LogP contribution is -2.09. The molecule has 2 aromatic rings. The normalized spacial score (nSPS) is 13.0. The first-order valence-corrected chi connectivity index (χ1v) is 11.3. The number of aromatic hydroxyl groups is 1. The lowest BCUT2D eigenvalue weighted by Gasteiger charge is -2.16. The van der Waals surface area contributed by atoms with E-state index in [-0.39, 0.29) is 23.1 Å². The zero-order valence-electron chi connectivity index (χ0n) is 17.7. The molecule has 0 radical (unpaired) electrons. The van der Waals surface area contributed by atoms with Crippen molar-refractivity contribution < 1.29 is 26.7 Å². The molecule has 0 aromatic heterocycles. The van der Waals surface area contributed by atoms with Gasteiger partial charge in [0.15, 0.2) is 9.84 Å². The maximum Gasteiger partial charge on any atom is 0.416 e. The van der Waals surface area contributed by atoms with Gasteiger partial charge in [-0.15, -0.1) is 0 Å². The van der Waals surface area contributed by atoms with E-state index in [1.807, 2.05) is 27.7 Å². The molecule has 0 saturated heterocycles. The molecule has 166 valence electrons. The molecule has 2 aromatic carbocycles. The molecule has 0 aliphatic rings. The number of benzene rings is 2. The van der Waals surface area contributed by atoms with Crippen molar-refractivity contribution in [2.24, 2.45) is 0 Å². The zero-order chi connectivity index (χ0) is 23.6. The molecule has 0 fully saturated rings. The van der Waals surface area contributed by atoms with E-state index in [2.05, 4.69) is 0 Å². The number of halogens is 3. The molecular formula is C23H24F3NO3S. The topological polar surface area (TPSA) is 78.2 Å². The average molecular weight is 452 g/mol. The Morgan fingerprint density at radius 2 is 1.65 bits per heavy atom. The fourth-order valence-corrected chi connectivity index (χ4v) is 4.37. The molecule has 0 unspecified atom stereocenters. The minimum absolute atomic E-state index is 0.0434. The van der Waals surface area contributed by atoms with Gasteiger partial charge in [0, 0.05) is 0 Å². The van der Waals surface area contributed by atoms with Crippen LogP contribution in [-0.2, 0) is 21.8 Å². The molecule has 0 aliphatic carbocycles. The number of rotatable bonds is 6. The van der Waals surface area contributed by atoms with E-state index in [0.717, 1.165) is 18.2 Å². The van der Waals surface area contributed by atoms with E-state index < -0.39 is 32.2 Å². The Labute approximate surface area is 180 Å². The summed E-state index contributed by atoms with van der Waals surface area (Å²) in [5.74, 6) is -0.689. The van der Waals surface area contributed by atoms with Crippen molar-refractivity contribution in [1.82, 2.24) is 0 Å². The molecule has 8 heteroatoms. The van der Waals surface area contributed by atoms with E-state index in [0.29, 0.717) is 16.7 Å². The van der Waals surface area contributed by atoms with Crippen LogP contribution < -0.4 is 0 Å². The maximum atomic E-state index is 12.9. The van der Waals surface area contributed by atoms with E-state index in [1.165, 1.54) is 12.1 Å². The van der Waals surface area contributed by atoms with Crippen LogP contribution in [0, 0.1) is 11.3 Å². The number of phenols is 1. The van der Waals surface area contributed by atoms with E-state index in [4.69, 9.17) is 0 Å². The number of alkyl halides is 3. The summed E-state index contributed by atoms with van der Waals surface area (Å²) in [6, 6.07) is 8.91. The summed E-state index contributed by atoms with van der Waals surface area (Å²) < 4.78 is 64.3. The highest BCUT2D eigenvalue weighted by molar-refractivity contribution is 7.95. The van der Waals surface area contributed by atoms with Gasteiger partial charge in [0.05, 0.1) is 11.3 Å². The van der Waals surface area contributed by atoms with Crippen LogP contribution in [0.1, 0.15) is 67.3 Å². The van der Waals surface area contributed by atoms with Crippen molar-refractivity contribution in [2.45, 2.75) is 51.5 Å². The molecule has 0 saturated carbocycles. The molecule has 0 heterocycles. The molecule has 2 rings (SSSR count). The monoisotopic (exact) mass is 451 g/mol. The molecule has 0 aliphatic heterocycles. The van der Waals surface area contributed by atoms with Crippen molar-refractivity contribution in [3.05, 3.63) is 69.1 Å². The van der Waals surface area contributed by atoms with Crippen LogP contribution in [0.25, 0.3) is 6.08 Å². The Hall–Kier alpha value is -2.79. The van der Waals surface area contributed by atoms with Crippen molar-refractivity contribution in [3.8, 4) is 11.8 Å². The van der Waals surface area contributed by atoms with Gasteiger partial charge in [-0.1, -0.05) is 45.9 Å². The van der Waals surface area contributed by atoms with Gasteiger partial charge in [-0.05, 0) is 58.4 Å². The van der Waals surface area contributed by atoms with Crippen molar-refractivity contribution >= 4 is 15.9 Å². The van der Waals surface area contributed by atoms with Gasteiger partial charge >= 0.3 is 6.18 Å². The van der Waals surface area contributed by atoms with Crippen molar-refractivity contribution in [2.75, 3.05) is 0 Å². The minimum Gasteiger partial charge on any atom is -0.507 e. The summed E-state index contributed by atoms with van der Waals surface area (Å²) in [6.45, 7) is 7.51. The molecule has 1 N–H and O–H groups in total. The molecule has 0 amide bonds. The minimum atomic E-state index is -4.60. The molecule has 0 bridgehead atoms. The third-order valence-corrected chi connectivity index (χ3v) is 6.38. The summed E-state index contributed by atoms with van der Waals surface area (Å²) in [5.41, 5.74) is 0.640. The van der Waals surface area contributed by atoms with Crippen LogP contribution in [0.5, 0.6) is 5.75 Å². The molecule has 0 atom stereocenters. The average Bonchev–Trinajstić information content (AvgIpc) is 2.65. The summed E-state index contributed by atoms with van der Waals surface area (Å²) in [7, 11) is -4.19. The second-order valence-corrected chi connectivity index (χ2v) is 9.89. The number of phenolic OH excluding ortho intramolecular Hbond substituents is 1. The smallest absolute Gasteiger partial charge is 0.416 e. The van der Waals surface area contributed by atoms with Crippen LogP contribution in [0.4, 0.5) is 13.2 Å². The molecule has 31 heavy (non-hydrogen) atoms. The highest BCUT2D eigenvalue weighted by Crippen LogP contribution is 2.36. The predicted octanol–water partition coefficient (Wildman–Crippen LogP) is 6.14. The van der Waals surface area contributed by atoms with Crippen molar-refractivity contribution in [3.63, 3.8) is 0 Å². The van der Waals surface area contributed by atoms with Crippen LogP contribution >= 0.6 is 0 Å². The molecule has 0 spiro atoms. The molecule has 4 nitrogen and oxygen atoms in total. The first-order valence-electron chi connectivity index (χ1n) is 9.63. The van der Waals surface area contributed by atoms with Gasteiger partial charge in [0.25, 0.3) is 0 Å². The predicted molar refractivity (Wildman–Crippen MR) is 114 cm³/mol. The zero-order valence-corrected chi connectivity index (χ0v) is 18.5. The van der Waals surface area contributed by atoms with E-state index >= 15 is 0 Å². The number of hydrogen-bond donors (Lipinski definition) is 1. The second-order valence-electron chi connectivity index (χ2n) is 7.93. The quantitative estimate of drug-likeness (QED) is 0.535. The standard InChI is InChI=1S/C23H24F3NO3S/c1-14(2)20-10-17(11-21(15(3)4)22(20)28)9-19(12-27)31(29,30)13-16-6-5-7-18(8-16)23(24,25)26/h5-11,14-15,28H,13H2,1-4H3. The fourth-order valence-electron chi connectivity index (χ4n) is 3.15. The van der Waals surface area contributed by atoms with Crippen molar-refractivity contribution in [1.29, 1.82) is 5.26 Å².